The second-order valence-electron chi connectivity index (χ2n) is 10.6. The Kier molecular flexibility index (Phi) is 4.53. The number of Topliss-reactive ketones (excluding diaryl/α,β-unsaturated/α-hetero) is 1. The Labute approximate surface area is 163 Å². The molecule has 4 heteroatoms. The molecule has 8 atom stereocenters. The molecule has 0 radical (unpaired) electrons. The van der Waals surface area contributed by atoms with Crippen LogP contribution in [0, 0.1) is 34.5 Å². The Balaban J connectivity index is 1.60. The average molecular weight is 377 g/mol. The molecule has 0 aromatic rings. The third-order valence-corrected chi connectivity index (χ3v) is 9.63. The van der Waals surface area contributed by atoms with Crippen LogP contribution >= 0.6 is 0 Å². The van der Waals surface area contributed by atoms with E-state index in [-0.39, 0.29) is 28.8 Å². The van der Waals surface area contributed by atoms with Crippen LogP contribution in [-0.4, -0.2) is 28.6 Å². The van der Waals surface area contributed by atoms with Crippen LogP contribution in [0.5, 0.6) is 0 Å². The van der Waals surface area contributed by atoms with Crippen molar-refractivity contribution in [3.05, 3.63) is 0 Å². The van der Waals surface area contributed by atoms with Gasteiger partial charge in [-0.25, -0.2) is 0 Å². The first-order valence-electron chi connectivity index (χ1n) is 11.0. The van der Waals surface area contributed by atoms with Gasteiger partial charge in [-0.05, 0) is 93.3 Å². The Bertz CT molecular complexity index is 644. The van der Waals surface area contributed by atoms with Gasteiger partial charge in [0.25, 0.3) is 0 Å². The van der Waals surface area contributed by atoms with Gasteiger partial charge in [-0.15, -0.1) is 0 Å². The lowest BCUT2D eigenvalue weighted by Gasteiger charge is -2.65. The summed E-state index contributed by atoms with van der Waals surface area (Å²) in [5.41, 5.74) is -0.657. The quantitative estimate of drug-likeness (QED) is 0.731. The molecule has 4 saturated carbocycles. The molecule has 0 saturated heterocycles. The van der Waals surface area contributed by atoms with E-state index in [9.17, 15) is 14.7 Å². The third-order valence-electron chi connectivity index (χ3n) is 9.63. The average Bonchev–Trinajstić information content (AvgIpc) is 2.93. The van der Waals surface area contributed by atoms with E-state index in [0.717, 1.165) is 57.8 Å². The molecular weight excluding hydrogens is 340 g/mol. The van der Waals surface area contributed by atoms with Gasteiger partial charge in [0.15, 0.2) is 0 Å². The van der Waals surface area contributed by atoms with Crippen molar-refractivity contribution in [2.75, 3.05) is 0 Å². The van der Waals surface area contributed by atoms with E-state index >= 15 is 0 Å². The number of ether oxygens (including phenoxy) is 1. The molecule has 0 amide bonds. The third kappa shape index (κ3) is 2.65. The molecule has 0 heterocycles. The van der Waals surface area contributed by atoms with Crippen LogP contribution in [0.2, 0.25) is 0 Å². The second kappa shape index (κ2) is 6.30. The zero-order valence-corrected chi connectivity index (χ0v) is 17.4. The highest BCUT2D eigenvalue weighted by atomic mass is 16.5. The van der Waals surface area contributed by atoms with Crippen LogP contribution in [-0.2, 0) is 14.3 Å². The summed E-state index contributed by atoms with van der Waals surface area (Å²) in [6, 6.07) is 0. The molecule has 0 bridgehead atoms. The van der Waals surface area contributed by atoms with Crippen LogP contribution in [0.1, 0.15) is 85.5 Å². The highest BCUT2D eigenvalue weighted by molar-refractivity contribution is 5.79. The molecule has 0 spiro atoms. The molecule has 0 aliphatic heterocycles. The Hall–Kier alpha value is -0.900. The predicted molar refractivity (Wildman–Crippen MR) is 103 cm³/mol. The highest BCUT2D eigenvalue weighted by Gasteiger charge is 2.67. The Morgan fingerprint density at radius 2 is 1.63 bits per heavy atom. The molecule has 0 aromatic heterocycles. The maximum absolute atomic E-state index is 12.3. The first kappa shape index (κ1) is 19.4. The Morgan fingerprint density at radius 1 is 0.926 bits per heavy atom. The minimum absolute atomic E-state index is 0.0168. The zero-order chi connectivity index (χ0) is 19.6. The van der Waals surface area contributed by atoms with Gasteiger partial charge in [-0.1, -0.05) is 13.8 Å². The highest BCUT2D eigenvalue weighted by Crippen LogP contribution is 2.69. The van der Waals surface area contributed by atoms with Crippen molar-refractivity contribution >= 4 is 11.8 Å². The summed E-state index contributed by atoms with van der Waals surface area (Å²) in [5.74, 6) is 1.53. The van der Waals surface area contributed by atoms with Gasteiger partial charge in [-0.2, -0.15) is 0 Å². The minimum atomic E-state index is -0.632. The van der Waals surface area contributed by atoms with Crippen LogP contribution in [0.25, 0.3) is 0 Å². The molecule has 4 nitrogen and oxygen atoms in total. The zero-order valence-electron chi connectivity index (χ0n) is 17.4. The number of carbonyl (C=O) groups is 2. The number of hydrogen-bond donors (Lipinski definition) is 1. The molecule has 4 aliphatic rings. The van der Waals surface area contributed by atoms with Gasteiger partial charge in [0.05, 0.1) is 5.60 Å². The van der Waals surface area contributed by atoms with Crippen LogP contribution in [0.3, 0.4) is 0 Å². The maximum atomic E-state index is 12.3. The van der Waals surface area contributed by atoms with E-state index in [1.165, 1.54) is 6.92 Å². The number of ketones is 1. The van der Waals surface area contributed by atoms with Crippen molar-refractivity contribution in [3.8, 4) is 0 Å². The summed E-state index contributed by atoms with van der Waals surface area (Å²) >= 11 is 0. The molecule has 4 aliphatic carbocycles. The van der Waals surface area contributed by atoms with Crippen LogP contribution in [0.15, 0.2) is 0 Å². The fourth-order valence-corrected chi connectivity index (χ4v) is 8.17. The number of hydrogen-bond acceptors (Lipinski definition) is 4. The van der Waals surface area contributed by atoms with E-state index < -0.39 is 5.60 Å². The van der Waals surface area contributed by atoms with Crippen molar-refractivity contribution in [2.24, 2.45) is 34.5 Å². The molecule has 4 fully saturated rings. The molecule has 152 valence electrons. The smallest absolute Gasteiger partial charge is 0.302 e. The van der Waals surface area contributed by atoms with Crippen LogP contribution < -0.4 is 0 Å². The summed E-state index contributed by atoms with van der Waals surface area (Å²) in [6.45, 7) is 7.87. The largest absolute Gasteiger partial charge is 0.463 e. The lowest BCUT2D eigenvalue weighted by Crippen LogP contribution is -2.65. The normalized spacial score (nSPS) is 51.7. The molecular formula is C23H36O4. The van der Waals surface area contributed by atoms with Gasteiger partial charge in [-0.3, -0.25) is 9.59 Å². The summed E-state index contributed by atoms with van der Waals surface area (Å²) in [4.78, 5) is 23.6. The number of fused-ring (bicyclic) bond motifs is 5. The standard InChI is InChI=1S/C23H36O4/c1-14(24)18-7-8-19-20-6-5-16-13-17(27-15(2)25)9-10-22(16,4)23(20,26)12-11-21(18,19)3/h16-20,26H,5-13H2,1-4H3. The van der Waals surface area contributed by atoms with Gasteiger partial charge in [0.2, 0.25) is 0 Å². The van der Waals surface area contributed by atoms with E-state index in [1.54, 1.807) is 6.92 Å². The monoisotopic (exact) mass is 376 g/mol. The van der Waals surface area contributed by atoms with Gasteiger partial charge in [0.1, 0.15) is 11.9 Å². The van der Waals surface area contributed by atoms with Gasteiger partial charge >= 0.3 is 5.97 Å². The summed E-state index contributed by atoms with van der Waals surface area (Å²) in [6.07, 6.45) is 8.73. The number of aliphatic hydroxyl groups is 1. The van der Waals surface area contributed by atoms with E-state index in [1.807, 2.05) is 0 Å². The fourth-order valence-electron chi connectivity index (χ4n) is 8.17. The van der Waals surface area contributed by atoms with Crippen molar-refractivity contribution in [3.63, 3.8) is 0 Å². The molecule has 27 heavy (non-hydrogen) atoms. The molecule has 8 unspecified atom stereocenters. The lowest BCUT2D eigenvalue weighted by molar-refractivity contribution is -0.241. The molecule has 4 rings (SSSR count). The van der Waals surface area contributed by atoms with E-state index in [4.69, 9.17) is 4.74 Å². The van der Waals surface area contributed by atoms with Gasteiger partial charge in [0, 0.05) is 12.8 Å². The number of rotatable bonds is 2. The number of esters is 1. The first-order valence-corrected chi connectivity index (χ1v) is 11.0. The van der Waals surface area contributed by atoms with Crippen molar-refractivity contribution in [1.82, 2.24) is 0 Å². The maximum Gasteiger partial charge on any atom is 0.302 e. The predicted octanol–water partition coefficient (Wildman–Crippen LogP) is 4.28. The Morgan fingerprint density at radius 3 is 2.30 bits per heavy atom. The number of carbonyl (C=O) groups excluding carboxylic acids is 2. The summed E-state index contributed by atoms with van der Waals surface area (Å²) in [7, 11) is 0. The van der Waals surface area contributed by atoms with Crippen molar-refractivity contribution in [1.29, 1.82) is 0 Å². The van der Waals surface area contributed by atoms with Crippen molar-refractivity contribution in [2.45, 2.75) is 97.2 Å². The van der Waals surface area contributed by atoms with Crippen LogP contribution in [0.4, 0.5) is 0 Å². The van der Waals surface area contributed by atoms with E-state index in [0.29, 0.717) is 23.5 Å². The first-order chi connectivity index (χ1) is 12.6. The van der Waals surface area contributed by atoms with Gasteiger partial charge < -0.3 is 9.84 Å². The SMILES string of the molecule is CC(=O)OC1CCC2(C)C(CCC3C4CCC(C(C)=O)C4(C)CCC32O)C1. The summed E-state index contributed by atoms with van der Waals surface area (Å²) < 4.78 is 5.52. The topological polar surface area (TPSA) is 63.6 Å². The second-order valence-corrected chi connectivity index (χ2v) is 10.6. The molecule has 1 N–H and O–H groups in total. The molecule has 0 aromatic carbocycles. The summed E-state index contributed by atoms with van der Waals surface area (Å²) in [5, 5.41) is 12.1. The van der Waals surface area contributed by atoms with E-state index in [2.05, 4.69) is 13.8 Å². The van der Waals surface area contributed by atoms with Crippen molar-refractivity contribution < 1.29 is 19.4 Å². The fraction of sp³-hybridized carbons (Fsp3) is 0.913. The minimum Gasteiger partial charge on any atom is -0.463 e. The lowest BCUT2D eigenvalue weighted by atomic mass is 9.42.